The van der Waals surface area contributed by atoms with Crippen LogP contribution in [0.4, 0.5) is 13.2 Å². The van der Waals surface area contributed by atoms with E-state index in [4.69, 9.17) is 9.47 Å². The molecule has 0 saturated carbocycles. The van der Waals surface area contributed by atoms with Gasteiger partial charge in [-0.05, 0) is 17.7 Å². The van der Waals surface area contributed by atoms with Crippen LogP contribution in [0.1, 0.15) is 18.0 Å². The van der Waals surface area contributed by atoms with Crippen molar-refractivity contribution in [2.45, 2.75) is 18.6 Å². The summed E-state index contributed by atoms with van der Waals surface area (Å²) in [7, 11) is 0. The largest absolute Gasteiger partial charge is 0.454 e. The molecule has 1 saturated heterocycles. The topological polar surface area (TPSA) is 33.7 Å². The third kappa shape index (κ3) is 3.49. The van der Waals surface area contributed by atoms with Gasteiger partial charge < -0.3 is 14.8 Å². The first-order valence-electron chi connectivity index (χ1n) is 7.04. The molecule has 122 valence electrons. The molecule has 0 aliphatic carbocycles. The summed E-state index contributed by atoms with van der Waals surface area (Å²) in [6.45, 7) is 2.65. The number of halogens is 4. The Balaban J connectivity index is 1.94. The normalized spacial score (nSPS) is 20.2. The van der Waals surface area contributed by atoms with Gasteiger partial charge in [-0.15, -0.1) is 0 Å². The molecule has 8 heteroatoms. The first kappa shape index (κ1) is 15.9. The van der Waals surface area contributed by atoms with Crippen molar-refractivity contribution in [2.75, 3.05) is 33.0 Å². The first-order chi connectivity index (χ1) is 10.4. The second-order valence-corrected chi connectivity index (χ2v) is 6.20. The molecule has 1 aromatic rings. The van der Waals surface area contributed by atoms with E-state index in [0.717, 1.165) is 0 Å². The molecule has 0 bridgehead atoms. The Morgan fingerprint density at radius 2 is 1.82 bits per heavy atom. The van der Waals surface area contributed by atoms with Crippen LogP contribution in [0.15, 0.2) is 16.6 Å². The fourth-order valence-corrected chi connectivity index (χ4v) is 3.42. The van der Waals surface area contributed by atoms with Gasteiger partial charge in [0.05, 0.1) is 6.42 Å². The summed E-state index contributed by atoms with van der Waals surface area (Å²) in [4.78, 5) is 1.87. The second kappa shape index (κ2) is 6.25. The molecule has 0 amide bonds. The number of piperazine rings is 1. The van der Waals surface area contributed by atoms with Crippen LogP contribution in [-0.4, -0.2) is 44.0 Å². The zero-order valence-electron chi connectivity index (χ0n) is 11.8. The standard InChI is InChI=1S/C14H16BrF3N2O2/c15-10-6-13-12(21-8-22-13)5-9(10)11(7-14(16,17)18)20-3-1-19-2-4-20/h5-6,11,19H,1-4,7-8H2/t11-/m0/s1. The number of hydrogen-bond acceptors (Lipinski definition) is 4. The van der Waals surface area contributed by atoms with Crippen LogP contribution in [0.5, 0.6) is 11.5 Å². The van der Waals surface area contributed by atoms with Gasteiger partial charge in [0.1, 0.15) is 0 Å². The zero-order valence-corrected chi connectivity index (χ0v) is 13.3. The maximum Gasteiger partial charge on any atom is 0.390 e. The van der Waals surface area contributed by atoms with Crippen molar-refractivity contribution >= 4 is 15.9 Å². The maximum atomic E-state index is 13.0. The number of benzene rings is 1. The van der Waals surface area contributed by atoms with Crippen LogP contribution in [0.25, 0.3) is 0 Å². The fourth-order valence-electron chi connectivity index (χ4n) is 2.84. The first-order valence-corrected chi connectivity index (χ1v) is 7.84. The van der Waals surface area contributed by atoms with Crippen LogP contribution in [0.2, 0.25) is 0 Å². The van der Waals surface area contributed by atoms with Crippen molar-refractivity contribution < 1.29 is 22.6 Å². The highest BCUT2D eigenvalue weighted by atomic mass is 79.9. The molecule has 0 aromatic heterocycles. The number of hydrogen-bond donors (Lipinski definition) is 1. The van der Waals surface area contributed by atoms with Gasteiger partial charge in [0.2, 0.25) is 6.79 Å². The van der Waals surface area contributed by atoms with Gasteiger partial charge in [-0.3, -0.25) is 4.90 Å². The Morgan fingerprint density at radius 1 is 1.18 bits per heavy atom. The number of nitrogens with zero attached hydrogens (tertiary/aromatic N) is 1. The number of nitrogens with one attached hydrogen (secondary N) is 1. The molecule has 3 rings (SSSR count). The second-order valence-electron chi connectivity index (χ2n) is 5.35. The SMILES string of the molecule is FC(F)(F)C[C@@H](c1cc2c(cc1Br)OCO2)N1CCNCC1. The Bertz CT molecular complexity index is 548. The van der Waals surface area contributed by atoms with Crippen LogP contribution in [0.3, 0.4) is 0 Å². The lowest BCUT2D eigenvalue weighted by Crippen LogP contribution is -2.46. The van der Waals surface area contributed by atoms with E-state index in [-0.39, 0.29) is 6.79 Å². The van der Waals surface area contributed by atoms with E-state index in [1.165, 1.54) is 0 Å². The summed E-state index contributed by atoms with van der Waals surface area (Å²) in [5.41, 5.74) is 0.587. The van der Waals surface area contributed by atoms with Gasteiger partial charge in [-0.1, -0.05) is 15.9 Å². The van der Waals surface area contributed by atoms with Crippen molar-refractivity contribution in [2.24, 2.45) is 0 Å². The van der Waals surface area contributed by atoms with Gasteiger partial charge >= 0.3 is 6.18 Å². The van der Waals surface area contributed by atoms with E-state index in [1.807, 2.05) is 4.90 Å². The summed E-state index contributed by atoms with van der Waals surface area (Å²) in [5.74, 6) is 1.06. The minimum absolute atomic E-state index is 0.1000. The third-order valence-corrected chi connectivity index (χ3v) is 4.55. The number of ether oxygens (including phenoxy) is 2. The van der Waals surface area contributed by atoms with Crippen molar-refractivity contribution in [1.29, 1.82) is 0 Å². The Morgan fingerprint density at radius 3 is 2.45 bits per heavy atom. The predicted octanol–water partition coefficient (Wildman–Crippen LogP) is 3.08. The lowest BCUT2D eigenvalue weighted by atomic mass is 10.00. The average Bonchev–Trinajstić information content (AvgIpc) is 2.91. The maximum absolute atomic E-state index is 13.0. The highest BCUT2D eigenvalue weighted by molar-refractivity contribution is 9.10. The summed E-state index contributed by atoms with van der Waals surface area (Å²) in [6.07, 6.45) is -5.11. The molecule has 1 fully saturated rings. The lowest BCUT2D eigenvalue weighted by molar-refractivity contribution is -0.148. The van der Waals surface area contributed by atoms with E-state index >= 15 is 0 Å². The average molecular weight is 381 g/mol. The van der Waals surface area contributed by atoms with Gasteiger partial charge in [0.15, 0.2) is 11.5 Å². The smallest absolute Gasteiger partial charge is 0.390 e. The predicted molar refractivity (Wildman–Crippen MR) is 78.1 cm³/mol. The monoisotopic (exact) mass is 380 g/mol. The van der Waals surface area contributed by atoms with Gasteiger partial charge in [-0.25, -0.2) is 0 Å². The number of alkyl halides is 3. The lowest BCUT2D eigenvalue weighted by Gasteiger charge is -2.36. The van der Waals surface area contributed by atoms with E-state index in [2.05, 4.69) is 21.2 Å². The molecule has 0 spiro atoms. The van der Waals surface area contributed by atoms with Gasteiger partial charge in [-0.2, -0.15) is 13.2 Å². The molecule has 2 aliphatic heterocycles. The number of fused-ring (bicyclic) bond motifs is 1. The van der Waals surface area contributed by atoms with E-state index in [9.17, 15) is 13.2 Å². The van der Waals surface area contributed by atoms with Crippen LogP contribution in [0, 0.1) is 0 Å². The molecular weight excluding hydrogens is 365 g/mol. The molecule has 1 aromatic carbocycles. The highest BCUT2D eigenvalue weighted by Gasteiger charge is 2.37. The van der Waals surface area contributed by atoms with Crippen molar-refractivity contribution in [3.8, 4) is 11.5 Å². The Kier molecular flexibility index (Phi) is 4.52. The highest BCUT2D eigenvalue weighted by Crippen LogP contribution is 2.43. The zero-order chi connectivity index (χ0) is 15.7. The Labute approximate surface area is 134 Å². The Hall–Kier alpha value is -0.990. The summed E-state index contributed by atoms with van der Waals surface area (Å²) < 4.78 is 50.3. The van der Waals surface area contributed by atoms with E-state index in [1.54, 1.807) is 12.1 Å². The summed E-state index contributed by atoms with van der Waals surface area (Å²) in [5, 5.41) is 3.16. The van der Waals surface area contributed by atoms with Crippen molar-refractivity contribution in [3.05, 3.63) is 22.2 Å². The van der Waals surface area contributed by atoms with Crippen LogP contribution < -0.4 is 14.8 Å². The summed E-state index contributed by atoms with van der Waals surface area (Å²) in [6, 6.07) is 2.61. The third-order valence-electron chi connectivity index (χ3n) is 3.87. The van der Waals surface area contributed by atoms with Gasteiger partial charge in [0, 0.05) is 36.7 Å². The molecule has 1 N–H and O–H groups in total. The molecule has 2 aliphatic rings. The van der Waals surface area contributed by atoms with Crippen LogP contribution in [-0.2, 0) is 0 Å². The molecule has 0 radical (unpaired) electrons. The molecule has 22 heavy (non-hydrogen) atoms. The number of rotatable bonds is 3. The van der Waals surface area contributed by atoms with Crippen molar-refractivity contribution in [3.63, 3.8) is 0 Å². The van der Waals surface area contributed by atoms with Crippen molar-refractivity contribution in [1.82, 2.24) is 10.2 Å². The minimum atomic E-state index is -4.23. The van der Waals surface area contributed by atoms with E-state index < -0.39 is 18.6 Å². The van der Waals surface area contributed by atoms with E-state index in [0.29, 0.717) is 47.7 Å². The quantitative estimate of drug-likeness (QED) is 0.873. The molecule has 2 heterocycles. The van der Waals surface area contributed by atoms with Gasteiger partial charge in [0.25, 0.3) is 0 Å². The fraction of sp³-hybridized carbons (Fsp3) is 0.571. The summed E-state index contributed by atoms with van der Waals surface area (Å²) >= 11 is 3.38. The van der Waals surface area contributed by atoms with Crippen LogP contribution >= 0.6 is 15.9 Å². The molecule has 1 atom stereocenters. The minimum Gasteiger partial charge on any atom is -0.454 e. The molecule has 0 unspecified atom stereocenters. The molecular formula is C14H16BrF3N2O2. The molecule has 4 nitrogen and oxygen atoms in total.